The summed E-state index contributed by atoms with van der Waals surface area (Å²) in [5.41, 5.74) is 10.8. The lowest BCUT2D eigenvalue weighted by atomic mass is 9.81. The molecule has 42 heavy (non-hydrogen) atoms. The summed E-state index contributed by atoms with van der Waals surface area (Å²) < 4.78 is 29.2. The Morgan fingerprint density at radius 1 is 0.929 bits per heavy atom. The standard InChI is InChI=1S/C34H38N2O6/c1-38-31-16-24(17-32(39-2)34(31)40-3)30-18-28-33(42-30)26(10-11-36-28)22-12-23(14-25(13-22)41-19-20-8-9-20)29(37)15-21-6-4-5-7-27(21)35/h10-14,16-18,20-21,27H,4-9,15,19,35H2,1-3H3/t21-,27-/m0/s1. The number of fused-ring (bicyclic) bond motifs is 1. The van der Waals surface area contributed by atoms with Gasteiger partial charge in [0.1, 0.15) is 17.0 Å². The third-order valence-corrected chi connectivity index (χ3v) is 8.50. The van der Waals surface area contributed by atoms with Gasteiger partial charge in [-0.3, -0.25) is 9.78 Å². The highest BCUT2D eigenvalue weighted by atomic mass is 16.5. The van der Waals surface area contributed by atoms with Gasteiger partial charge in [-0.25, -0.2) is 0 Å². The first kappa shape index (κ1) is 28.1. The van der Waals surface area contributed by atoms with Gasteiger partial charge < -0.3 is 29.1 Å². The van der Waals surface area contributed by atoms with E-state index in [4.69, 9.17) is 29.1 Å². The van der Waals surface area contributed by atoms with Crippen LogP contribution in [0.4, 0.5) is 0 Å². The van der Waals surface area contributed by atoms with Crippen molar-refractivity contribution in [1.29, 1.82) is 0 Å². The lowest BCUT2D eigenvalue weighted by Crippen LogP contribution is -2.34. The van der Waals surface area contributed by atoms with Crippen LogP contribution in [0.1, 0.15) is 55.3 Å². The van der Waals surface area contributed by atoms with Crippen LogP contribution in [0, 0.1) is 11.8 Å². The van der Waals surface area contributed by atoms with E-state index in [9.17, 15) is 4.79 Å². The van der Waals surface area contributed by atoms with Crippen molar-refractivity contribution in [3.63, 3.8) is 0 Å². The van der Waals surface area contributed by atoms with Crippen molar-refractivity contribution in [2.24, 2.45) is 17.6 Å². The molecule has 0 unspecified atom stereocenters. The van der Waals surface area contributed by atoms with E-state index in [1.54, 1.807) is 27.5 Å². The Balaban J connectivity index is 1.39. The van der Waals surface area contributed by atoms with Gasteiger partial charge in [0.15, 0.2) is 22.9 Å². The summed E-state index contributed by atoms with van der Waals surface area (Å²) in [7, 11) is 4.74. The predicted molar refractivity (Wildman–Crippen MR) is 162 cm³/mol. The molecule has 0 saturated heterocycles. The number of hydrogen-bond donors (Lipinski definition) is 1. The van der Waals surface area contributed by atoms with Gasteiger partial charge in [-0.1, -0.05) is 12.8 Å². The number of ether oxygens (including phenoxy) is 4. The Labute approximate surface area is 246 Å². The Kier molecular flexibility index (Phi) is 8.07. The summed E-state index contributed by atoms with van der Waals surface area (Å²) in [5, 5.41) is 0. The number of nitrogens with zero attached hydrogens (tertiary/aromatic N) is 1. The summed E-state index contributed by atoms with van der Waals surface area (Å²) in [6.07, 6.45) is 8.83. The molecule has 2 aromatic carbocycles. The second kappa shape index (κ2) is 12.1. The maximum atomic E-state index is 13.6. The molecule has 2 aliphatic rings. The molecule has 2 fully saturated rings. The minimum atomic E-state index is 0.0769. The first-order chi connectivity index (χ1) is 20.5. The third-order valence-electron chi connectivity index (χ3n) is 8.50. The zero-order valence-electron chi connectivity index (χ0n) is 24.5. The molecular formula is C34H38N2O6. The van der Waals surface area contributed by atoms with Gasteiger partial charge in [-0.15, -0.1) is 0 Å². The maximum Gasteiger partial charge on any atom is 0.203 e. The summed E-state index contributed by atoms with van der Waals surface area (Å²) in [4.78, 5) is 18.2. The number of benzene rings is 2. The number of methoxy groups -OCH3 is 3. The van der Waals surface area contributed by atoms with Gasteiger partial charge in [-0.2, -0.15) is 0 Å². The van der Waals surface area contributed by atoms with Crippen molar-refractivity contribution < 1.29 is 28.2 Å². The molecule has 8 nitrogen and oxygen atoms in total. The molecule has 0 aliphatic heterocycles. The first-order valence-electron chi connectivity index (χ1n) is 14.7. The number of nitrogens with two attached hydrogens (primary N) is 1. The molecular weight excluding hydrogens is 532 g/mol. The van der Waals surface area contributed by atoms with Crippen LogP contribution in [0.15, 0.2) is 53.1 Å². The van der Waals surface area contributed by atoms with Gasteiger partial charge in [-0.05, 0) is 79.5 Å². The zero-order valence-corrected chi connectivity index (χ0v) is 24.5. The van der Waals surface area contributed by atoms with Gasteiger partial charge in [0.05, 0.1) is 27.9 Å². The van der Waals surface area contributed by atoms with Crippen LogP contribution in [0.3, 0.4) is 0 Å². The fraction of sp³-hybridized carbons (Fsp3) is 0.412. The van der Waals surface area contributed by atoms with Crippen molar-refractivity contribution in [1.82, 2.24) is 4.98 Å². The maximum absolute atomic E-state index is 13.6. The second-order valence-corrected chi connectivity index (χ2v) is 11.4. The smallest absolute Gasteiger partial charge is 0.203 e. The van der Waals surface area contributed by atoms with Crippen molar-refractivity contribution in [2.45, 2.75) is 51.0 Å². The largest absolute Gasteiger partial charge is 0.493 e. The van der Waals surface area contributed by atoms with Gasteiger partial charge in [0.2, 0.25) is 5.75 Å². The lowest BCUT2D eigenvalue weighted by molar-refractivity contribution is 0.0941. The van der Waals surface area contributed by atoms with Crippen LogP contribution in [-0.2, 0) is 0 Å². The molecule has 4 aromatic rings. The average molecular weight is 571 g/mol. The monoisotopic (exact) mass is 570 g/mol. The topological polar surface area (TPSA) is 106 Å². The SMILES string of the molecule is COc1cc(-c2cc3nccc(-c4cc(OCC5CC5)cc(C(=O)C[C@@H]5CCCC[C@@H]5N)c4)c3o2)cc(OC)c1OC. The minimum Gasteiger partial charge on any atom is -0.493 e. The molecule has 0 amide bonds. The number of hydrogen-bond acceptors (Lipinski definition) is 8. The van der Waals surface area contributed by atoms with E-state index in [1.165, 1.54) is 12.8 Å². The molecule has 8 heteroatoms. The van der Waals surface area contributed by atoms with E-state index in [1.807, 2.05) is 42.5 Å². The van der Waals surface area contributed by atoms with E-state index in [0.29, 0.717) is 64.4 Å². The molecule has 0 bridgehead atoms. The molecule has 2 N–H and O–H groups in total. The van der Waals surface area contributed by atoms with Crippen molar-refractivity contribution in [3.8, 4) is 45.4 Å². The summed E-state index contributed by atoms with van der Waals surface area (Å²) in [6.45, 7) is 0.655. The van der Waals surface area contributed by atoms with E-state index in [-0.39, 0.29) is 17.7 Å². The molecule has 2 aromatic heterocycles. The first-order valence-corrected chi connectivity index (χ1v) is 14.7. The third kappa shape index (κ3) is 5.81. The zero-order chi connectivity index (χ0) is 29.2. The normalized spacial score (nSPS) is 18.6. The Morgan fingerprint density at radius 2 is 1.69 bits per heavy atom. The Morgan fingerprint density at radius 3 is 2.38 bits per heavy atom. The van der Waals surface area contributed by atoms with Gasteiger partial charge >= 0.3 is 0 Å². The fourth-order valence-corrected chi connectivity index (χ4v) is 5.87. The highest BCUT2D eigenvalue weighted by molar-refractivity contribution is 6.00. The molecule has 2 saturated carbocycles. The Hall–Kier alpha value is -4.04. The molecule has 0 spiro atoms. The number of pyridine rings is 1. The molecule has 2 heterocycles. The highest BCUT2D eigenvalue weighted by Gasteiger charge is 2.26. The number of carbonyl (C=O) groups is 1. The summed E-state index contributed by atoms with van der Waals surface area (Å²) >= 11 is 0. The van der Waals surface area contributed by atoms with Crippen LogP contribution in [0.25, 0.3) is 33.6 Å². The average Bonchev–Trinajstić information content (AvgIpc) is 3.75. The quantitative estimate of drug-likeness (QED) is 0.191. The predicted octanol–water partition coefficient (Wildman–Crippen LogP) is 7.07. The molecule has 2 atom stereocenters. The van der Waals surface area contributed by atoms with Crippen molar-refractivity contribution >= 4 is 16.9 Å². The van der Waals surface area contributed by atoms with E-state index < -0.39 is 0 Å². The summed E-state index contributed by atoms with van der Waals surface area (Å²) in [6, 6.07) is 13.4. The minimum absolute atomic E-state index is 0.0769. The number of ketones is 1. The van der Waals surface area contributed by atoms with Crippen LogP contribution in [0.2, 0.25) is 0 Å². The van der Waals surface area contributed by atoms with Crippen LogP contribution in [-0.4, -0.2) is 44.7 Å². The number of aromatic nitrogens is 1. The van der Waals surface area contributed by atoms with E-state index >= 15 is 0 Å². The number of carbonyl (C=O) groups excluding carboxylic acids is 1. The van der Waals surface area contributed by atoms with Crippen LogP contribution < -0.4 is 24.7 Å². The molecule has 2 aliphatic carbocycles. The molecule has 220 valence electrons. The Bertz CT molecular complexity index is 1570. The molecule has 6 rings (SSSR count). The van der Waals surface area contributed by atoms with Crippen molar-refractivity contribution in [3.05, 3.63) is 54.2 Å². The number of Topliss-reactive ketones (excluding diaryl/α,β-unsaturated/α-hetero) is 1. The lowest BCUT2D eigenvalue weighted by Gasteiger charge is -2.28. The number of rotatable bonds is 11. The van der Waals surface area contributed by atoms with E-state index in [0.717, 1.165) is 42.4 Å². The van der Waals surface area contributed by atoms with Crippen LogP contribution in [0.5, 0.6) is 23.0 Å². The second-order valence-electron chi connectivity index (χ2n) is 11.4. The van der Waals surface area contributed by atoms with Gasteiger partial charge in [0, 0.05) is 41.4 Å². The molecule has 0 radical (unpaired) electrons. The number of furan rings is 1. The summed E-state index contributed by atoms with van der Waals surface area (Å²) in [5.74, 6) is 3.76. The van der Waals surface area contributed by atoms with E-state index in [2.05, 4.69) is 4.98 Å². The highest BCUT2D eigenvalue weighted by Crippen LogP contribution is 2.43. The van der Waals surface area contributed by atoms with Crippen LogP contribution >= 0.6 is 0 Å². The van der Waals surface area contributed by atoms with Crippen molar-refractivity contribution in [2.75, 3.05) is 27.9 Å². The fourth-order valence-electron chi connectivity index (χ4n) is 5.87. The van der Waals surface area contributed by atoms with Gasteiger partial charge in [0.25, 0.3) is 0 Å².